The van der Waals surface area contributed by atoms with E-state index in [4.69, 9.17) is 4.74 Å². The number of hydrogen-bond donors (Lipinski definition) is 2. The molecule has 0 bridgehead atoms. The van der Waals surface area contributed by atoms with Crippen LogP contribution in [0.25, 0.3) is 0 Å². The largest absolute Gasteiger partial charge is 0.497 e. The molecule has 2 aromatic rings. The van der Waals surface area contributed by atoms with Crippen LogP contribution in [-0.4, -0.2) is 28.4 Å². The number of carbonyl (C=O) groups excluding carboxylic acids is 1. The van der Waals surface area contributed by atoms with Gasteiger partial charge in [0.25, 0.3) is 5.91 Å². The SMILES string of the molecule is COc1ccc(CNC(=O)c2c[nH]nn2)cc1. The summed E-state index contributed by atoms with van der Waals surface area (Å²) in [5.74, 6) is 0.533. The number of benzene rings is 1. The molecule has 1 aromatic heterocycles. The number of nitrogens with zero attached hydrogens (tertiary/aromatic N) is 2. The van der Waals surface area contributed by atoms with Gasteiger partial charge in [-0.1, -0.05) is 17.3 Å². The number of nitrogens with one attached hydrogen (secondary N) is 2. The number of hydrogen-bond acceptors (Lipinski definition) is 4. The number of methoxy groups -OCH3 is 1. The zero-order valence-corrected chi connectivity index (χ0v) is 9.30. The Kier molecular flexibility index (Phi) is 3.34. The average molecular weight is 232 g/mol. The monoisotopic (exact) mass is 232 g/mol. The first-order valence-corrected chi connectivity index (χ1v) is 5.07. The summed E-state index contributed by atoms with van der Waals surface area (Å²) in [4.78, 5) is 11.5. The molecule has 0 saturated heterocycles. The Morgan fingerprint density at radius 2 is 2.18 bits per heavy atom. The van der Waals surface area contributed by atoms with E-state index in [1.54, 1.807) is 7.11 Å². The quantitative estimate of drug-likeness (QED) is 0.815. The lowest BCUT2D eigenvalue weighted by atomic mass is 10.2. The van der Waals surface area contributed by atoms with Gasteiger partial charge >= 0.3 is 0 Å². The number of rotatable bonds is 4. The van der Waals surface area contributed by atoms with Gasteiger partial charge in [0.1, 0.15) is 5.75 Å². The molecule has 0 aliphatic rings. The molecule has 0 spiro atoms. The fraction of sp³-hybridized carbons (Fsp3) is 0.182. The molecule has 1 heterocycles. The Bertz CT molecular complexity index is 479. The topological polar surface area (TPSA) is 79.9 Å². The molecular formula is C11H12N4O2. The summed E-state index contributed by atoms with van der Waals surface area (Å²) in [5.41, 5.74) is 1.26. The Morgan fingerprint density at radius 3 is 2.76 bits per heavy atom. The minimum atomic E-state index is -0.255. The summed E-state index contributed by atoms with van der Waals surface area (Å²) in [5, 5.41) is 12.3. The molecule has 2 N–H and O–H groups in total. The van der Waals surface area contributed by atoms with Crippen LogP contribution in [-0.2, 0) is 6.54 Å². The second kappa shape index (κ2) is 5.11. The Balaban J connectivity index is 1.91. The van der Waals surface area contributed by atoms with E-state index >= 15 is 0 Å². The van der Waals surface area contributed by atoms with Crippen LogP contribution in [0.4, 0.5) is 0 Å². The predicted molar refractivity (Wildman–Crippen MR) is 60.5 cm³/mol. The highest BCUT2D eigenvalue weighted by Gasteiger charge is 2.07. The predicted octanol–water partition coefficient (Wildman–Crippen LogP) is 0.743. The molecule has 0 saturated carbocycles. The maximum absolute atomic E-state index is 11.5. The van der Waals surface area contributed by atoms with E-state index < -0.39 is 0 Å². The Hall–Kier alpha value is -2.37. The first kappa shape index (κ1) is 11.1. The van der Waals surface area contributed by atoms with Crippen molar-refractivity contribution in [3.63, 3.8) is 0 Å². The first-order valence-electron chi connectivity index (χ1n) is 5.07. The van der Waals surface area contributed by atoms with Gasteiger partial charge in [-0.15, -0.1) is 5.10 Å². The number of carbonyl (C=O) groups is 1. The van der Waals surface area contributed by atoms with E-state index in [0.29, 0.717) is 6.54 Å². The third-order valence-corrected chi connectivity index (χ3v) is 2.26. The van der Waals surface area contributed by atoms with Crippen molar-refractivity contribution < 1.29 is 9.53 Å². The number of ether oxygens (including phenoxy) is 1. The molecule has 0 atom stereocenters. The van der Waals surface area contributed by atoms with Crippen LogP contribution in [0, 0.1) is 0 Å². The summed E-state index contributed by atoms with van der Waals surface area (Å²) in [6.45, 7) is 0.440. The van der Waals surface area contributed by atoms with E-state index in [2.05, 4.69) is 20.7 Å². The van der Waals surface area contributed by atoms with Gasteiger partial charge in [-0.3, -0.25) is 9.89 Å². The van der Waals surface area contributed by atoms with Crippen LogP contribution in [0.3, 0.4) is 0 Å². The van der Waals surface area contributed by atoms with E-state index in [-0.39, 0.29) is 11.6 Å². The lowest BCUT2D eigenvalue weighted by Crippen LogP contribution is -2.23. The van der Waals surface area contributed by atoms with E-state index in [1.807, 2.05) is 24.3 Å². The lowest BCUT2D eigenvalue weighted by Gasteiger charge is -2.04. The van der Waals surface area contributed by atoms with Gasteiger partial charge < -0.3 is 10.1 Å². The van der Waals surface area contributed by atoms with Crippen LogP contribution in [0.2, 0.25) is 0 Å². The highest BCUT2D eigenvalue weighted by molar-refractivity contribution is 5.91. The summed E-state index contributed by atoms with van der Waals surface area (Å²) >= 11 is 0. The zero-order valence-electron chi connectivity index (χ0n) is 9.30. The normalized spacial score (nSPS) is 9.94. The molecule has 6 nitrogen and oxygen atoms in total. The molecule has 0 unspecified atom stereocenters. The van der Waals surface area contributed by atoms with E-state index in [1.165, 1.54) is 6.20 Å². The van der Waals surface area contributed by atoms with Crippen molar-refractivity contribution in [1.82, 2.24) is 20.7 Å². The smallest absolute Gasteiger partial charge is 0.273 e. The average Bonchev–Trinajstić information content (AvgIpc) is 2.90. The molecule has 88 valence electrons. The highest BCUT2D eigenvalue weighted by atomic mass is 16.5. The van der Waals surface area contributed by atoms with Crippen molar-refractivity contribution in [3.8, 4) is 5.75 Å². The zero-order chi connectivity index (χ0) is 12.1. The maximum atomic E-state index is 11.5. The summed E-state index contributed by atoms with van der Waals surface area (Å²) in [7, 11) is 1.61. The fourth-order valence-electron chi connectivity index (χ4n) is 1.33. The molecular weight excluding hydrogens is 220 g/mol. The summed E-state index contributed by atoms with van der Waals surface area (Å²) in [6.07, 6.45) is 1.45. The first-order chi connectivity index (χ1) is 8.29. The van der Waals surface area contributed by atoms with Crippen molar-refractivity contribution in [2.45, 2.75) is 6.54 Å². The van der Waals surface area contributed by atoms with Gasteiger partial charge in [0.05, 0.1) is 13.3 Å². The van der Waals surface area contributed by atoms with Gasteiger partial charge in [0.2, 0.25) is 0 Å². The molecule has 0 radical (unpaired) electrons. The molecule has 17 heavy (non-hydrogen) atoms. The van der Waals surface area contributed by atoms with Crippen LogP contribution in [0.1, 0.15) is 16.1 Å². The van der Waals surface area contributed by atoms with Crippen LogP contribution < -0.4 is 10.1 Å². The highest BCUT2D eigenvalue weighted by Crippen LogP contribution is 2.10. The lowest BCUT2D eigenvalue weighted by molar-refractivity contribution is 0.0946. The molecule has 6 heteroatoms. The Labute approximate surface area is 98.0 Å². The van der Waals surface area contributed by atoms with Crippen molar-refractivity contribution in [2.24, 2.45) is 0 Å². The molecule has 0 fully saturated rings. The standard InChI is InChI=1S/C11H12N4O2/c1-17-9-4-2-8(3-5-9)6-12-11(16)10-7-13-15-14-10/h2-5,7H,6H2,1H3,(H,12,16)(H,13,14,15). The molecule has 2 rings (SSSR count). The van der Waals surface area contributed by atoms with Gasteiger partial charge in [-0.05, 0) is 17.7 Å². The van der Waals surface area contributed by atoms with Crippen molar-refractivity contribution in [2.75, 3.05) is 7.11 Å². The minimum Gasteiger partial charge on any atom is -0.497 e. The van der Waals surface area contributed by atoms with Crippen molar-refractivity contribution >= 4 is 5.91 Å². The van der Waals surface area contributed by atoms with Crippen molar-refractivity contribution in [1.29, 1.82) is 0 Å². The second-order valence-electron chi connectivity index (χ2n) is 3.39. The molecule has 0 aliphatic carbocycles. The summed E-state index contributed by atoms with van der Waals surface area (Å²) < 4.78 is 5.04. The minimum absolute atomic E-state index is 0.255. The van der Waals surface area contributed by atoms with E-state index in [9.17, 15) is 4.79 Å². The summed E-state index contributed by atoms with van der Waals surface area (Å²) in [6, 6.07) is 7.47. The number of H-pyrrole nitrogens is 1. The van der Waals surface area contributed by atoms with Gasteiger partial charge in [-0.25, -0.2) is 0 Å². The van der Waals surface area contributed by atoms with Gasteiger partial charge in [0.15, 0.2) is 5.69 Å². The Morgan fingerprint density at radius 1 is 1.41 bits per heavy atom. The number of aromatic nitrogens is 3. The molecule has 0 aliphatic heterocycles. The van der Waals surface area contributed by atoms with E-state index in [0.717, 1.165) is 11.3 Å². The molecule has 1 aromatic carbocycles. The number of amides is 1. The third-order valence-electron chi connectivity index (χ3n) is 2.26. The van der Waals surface area contributed by atoms with Crippen LogP contribution >= 0.6 is 0 Å². The van der Waals surface area contributed by atoms with Crippen molar-refractivity contribution in [3.05, 3.63) is 41.7 Å². The second-order valence-corrected chi connectivity index (χ2v) is 3.39. The van der Waals surface area contributed by atoms with Crippen LogP contribution in [0.15, 0.2) is 30.5 Å². The van der Waals surface area contributed by atoms with Crippen LogP contribution in [0.5, 0.6) is 5.75 Å². The third kappa shape index (κ3) is 2.81. The molecule has 1 amide bonds. The van der Waals surface area contributed by atoms with Gasteiger partial charge in [0, 0.05) is 6.54 Å². The number of aromatic amines is 1. The fourth-order valence-corrected chi connectivity index (χ4v) is 1.33. The maximum Gasteiger partial charge on any atom is 0.273 e. The van der Waals surface area contributed by atoms with Gasteiger partial charge in [-0.2, -0.15) is 0 Å².